The number of halogens is 1. The monoisotopic (exact) mass is 441 g/mol. The Hall–Kier alpha value is -2.74. The summed E-state index contributed by atoms with van der Waals surface area (Å²) >= 11 is 0. The maximum atomic E-state index is 14.1. The molecule has 6 nitrogen and oxygen atoms in total. The second-order valence-electron chi connectivity index (χ2n) is 8.44. The number of rotatable bonds is 2. The Balaban J connectivity index is 1.23. The Morgan fingerprint density at radius 2 is 1.68 bits per heavy atom. The first-order valence-corrected chi connectivity index (χ1v) is 12.1. The van der Waals surface area contributed by atoms with Crippen LogP contribution in [-0.4, -0.2) is 56.1 Å². The normalized spacial score (nSPS) is 23.0. The Bertz CT molecular complexity index is 1160. The SMILES string of the molecule is O=C(C1CCN(C2=NS(=O)(=O)c3ccccc32)CC1)N1CCC(c2ccccc2F)C1. The van der Waals surface area contributed by atoms with Gasteiger partial charge in [0.15, 0.2) is 5.84 Å². The van der Waals surface area contributed by atoms with E-state index in [2.05, 4.69) is 4.40 Å². The smallest absolute Gasteiger partial charge is 0.285 e. The van der Waals surface area contributed by atoms with Gasteiger partial charge < -0.3 is 9.80 Å². The van der Waals surface area contributed by atoms with Crippen LogP contribution in [0.15, 0.2) is 57.8 Å². The molecule has 2 fully saturated rings. The maximum absolute atomic E-state index is 14.1. The maximum Gasteiger partial charge on any atom is 0.285 e. The molecule has 0 aliphatic carbocycles. The molecule has 0 bridgehead atoms. The molecule has 2 saturated heterocycles. The second-order valence-corrected chi connectivity index (χ2v) is 10.0. The van der Waals surface area contributed by atoms with E-state index in [0.717, 1.165) is 6.42 Å². The molecule has 3 aliphatic rings. The van der Waals surface area contributed by atoms with E-state index in [4.69, 9.17) is 0 Å². The van der Waals surface area contributed by atoms with Crippen molar-refractivity contribution < 1.29 is 17.6 Å². The third-order valence-electron chi connectivity index (χ3n) is 6.60. The van der Waals surface area contributed by atoms with Gasteiger partial charge in [-0.1, -0.05) is 30.3 Å². The summed E-state index contributed by atoms with van der Waals surface area (Å²) in [6.45, 7) is 2.38. The van der Waals surface area contributed by atoms with Crippen molar-refractivity contribution in [3.8, 4) is 0 Å². The lowest BCUT2D eigenvalue weighted by Crippen LogP contribution is -2.43. The number of amidine groups is 1. The van der Waals surface area contributed by atoms with E-state index in [-0.39, 0.29) is 28.5 Å². The van der Waals surface area contributed by atoms with Crippen molar-refractivity contribution in [2.75, 3.05) is 26.2 Å². The Morgan fingerprint density at radius 3 is 2.45 bits per heavy atom. The molecule has 0 radical (unpaired) electrons. The van der Waals surface area contributed by atoms with Gasteiger partial charge >= 0.3 is 0 Å². The van der Waals surface area contributed by atoms with E-state index in [1.165, 1.54) is 6.07 Å². The molecule has 3 heterocycles. The van der Waals surface area contributed by atoms with Crippen molar-refractivity contribution in [1.82, 2.24) is 9.80 Å². The first-order chi connectivity index (χ1) is 14.9. The summed E-state index contributed by atoms with van der Waals surface area (Å²) in [6, 6.07) is 13.7. The fourth-order valence-electron chi connectivity index (χ4n) is 4.93. The average Bonchev–Trinajstić information content (AvgIpc) is 3.37. The minimum Gasteiger partial charge on any atom is -0.355 e. The van der Waals surface area contributed by atoms with Crippen molar-refractivity contribution in [3.63, 3.8) is 0 Å². The lowest BCUT2D eigenvalue weighted by molar-refractivity contribution is -0.135. The molecule has 2 aromatic rings. The molecule has 5 rings (SSSR count). The minimum absolute atomic E-state index is 0.0415. The van der Waals surface area contributed by atoms with Crippen LogP contribution in [-0.2, 0) is 14.8 Å². The van der Waals surface area contributed by atoms with Crippen molar-refractivity contribution in [1.29, 1.82) is 0 Å². The van der Waals surface area contributed by atoms with Crippen molar-refractivity contribution in [2.24, 2.45) is 10.3 Å². The van der Waals surface area contributed by atoms with Gasteiger partial charge in [-0.15, -0.1) is 4.40 Å². The Morgan fingerprint density at radius 1 is 0.968 bits per heavy atom. The van der Waals surface area contributed by atoms with Gasteiger partial charge in [-0.2, -0.15) is 8.42 Å². The minimum atomic E-state index is -3.64. The van der Waals surface area contributed by atoms with Crippen LogP contribution in [0, 0.1) is 11.7 Å². The first-order valence-electron chi connectivity index (χ1n) is 10.7. The molecule has 31 heavy (non-hydrogen) atoms. The lowest BCUT2D eigenvalue weighted by atomic mass is 9.94. The van der Waals surface area contributed by atoms with Crippen LogP contribution in [0.2, 0.25) is 0 Å². The van der Waals surface area contributed by atoms with E-state index < -0.39 is 10.0 Å². The number of benzene rings is 2. The van der Waals surface area contributed by atoms with Gasteiger partial charge in [0.2, 0.25) is 5.91 Å². The zero-order chi connectivity index (χ0) is 21.6. The van der Waals surface area contributed by atoms with E-state index in [0.29, 0.717) is 56.0 Å². The van der Waals surface area contributed by atoms with Crippen LogP contribution in [0.1, 0.15) is 36.3 Å². The summed E-state index contributed by atoms with van der Waals surface area (Å²) in [7, 11) is -3.64. The van der Waals surface area contributed by atoms with Crippen LogP contribution in [0.5, 0.6) is 0 Å². The van der Waals surface area contributed by atoms with E-state index in [1.54, 1.807) is 30.3 Å². The first kappa shape index (κ1) is 20.2. The molecular weight excluding hydrogens is 417 g/mol. The van der Waals surface area contributed by atoms with Crippen LogP contribution in [0.3, 0.4) is 0 Å². The van der Waals surface area contributed by atoms with Gasteiger partial charge in [0.1, 0.15) is 10.7 Å². The van der Waals surface area contributed by atoms with Crippen LogP contribution < -0.4 is 0 Å². The fraction of sp³-hybridized carbons (Fsp3) is 0.391. The highest BCUT2D eigenvalue weighted by atomic mass is 32.2. The quantitative estimate of drug-likeness (QED) is 0.719. The van der Waals surface area contributed by atoms with E-state index in [9.17, 15) is 17.6 Å². The van der Waals surface area contributed by atoms with Crippen LogP contribution >= 0.6 is 0 Å². The third kappa shape index (κ3) is 3.63. The molecule has 0 saturated carbocycles. The summed E-state index contributed by atoms with van der Waals surface area (Å²) < 4.78 is 42.8. The van der Waals surface area contributed by atoms with Crippen LogP contribution in [0.4, 0.5) is 4.39 Å². The zero-order valence-electron chi connectivity index (χ0n) is 17.1. The van der Waals surface area contributed by atoms with E-state index in [1.807, 2.05) is 21.9 Å². The number of fused-ring (bicyclic) bond motifs is 1. The summed E-state index contributed by atoms with van der Waals surface area (Å²) in [4.78, 5) is 17.2. The molecular formula is C23H24FN3O3S. The number of hydrogen-bond acceptors (Lipinski definition) is 4. The zero-order valence-corrected chi connectivity index (χ0v) is 17.9. The summed E-state index contributed by atoms with van der Waals surface area (Å²) in [5.74, 6) is 0.356. The number of carbonyl (C=O) groups is 1. The van der Waals surface area contributed by atoms with E-state index >= 15 is 0 Å². The molecule has 8 heteroatoms. The molecule has 3 aliphatic heterocycles. The highest BCUT2D eigenvalue weighted by molar-refractivity contribution is 7.90. The number of hydrogen-bond donors (Lipinski definition) is 0. The van der Waals surface area contributed by atoms with Gasteiger partial charge in [0, 0.05) is 43.6 Å². The lowest BCUT2D eigenvalue weighted by Gasteiger charge is -2.34. The largest absolute Gasteiger partial charge is 0.355 e. The summed E-state index contributed by atoms with van der Waals surface area (Å²) in [6.07, 6.45) is 2.08. The fourth-order valence-corrected chi connectivity index (χ4v) is 6.16. The average molecular weight is 442 g/mol. The molecule has 1 amide bonds. The number of carbonyl (C=O) groups excluding carboxylic acids is 1. The highest BCUT2D eigenvalue weighted by Crippen LogP contribution is 2.33. The predicted molar refractivity (Wildman–Crippen MR) is 115 cm³/mol. The van der Waals surface area contributed by atoms with Gasteiger partial charge in [-0.3, -0.25) is 4.79 Å². The summed E-state index contributed by atoms with van der Waals surface area (Å²) in [5, 5.41) is 0. The van der Waals surface area contributed by atoms with Gasteiger partial charge in [0.05, 0.1) is 0 Å². The van der Waals surface area contributed by atoms with Crippen LogP contribution in [0.25, 0.3) is 0 Å². The third-order valence-corrected chi connectivity index (χ3v) is 7.93. The highest BCUT2D eigenvalue weighted by Gasteiger charge is 2.37. The molecule has 2 aromatic carbocycles. The molecule has 0 spiro atoms. The van der Waals surface area contributed by atoms with Crippen molar-refractivity contribution >= 4 is 21.8 Å². The second kappa shape index (κ2) is 7.75. The molecule has 0 N–H and O–H groups in total. The number of piperidine rings is 1. The van der Waals surface area contributed by atoms with Gasteiger partial charge in [-0.25, -0.2) is 4.39 Å². The molecule has 1 atom stereocenters. The summed E-state index contributed by atoms with van der Waals surface area (Å²) in [5.41, 5.74) is 1.33. The predicted octanol–water partition coefficient (Wildman–Crippen LogP) is 3.00. The van der Waals surface area contributed by atoms with Crippen molar-refractivity contribution in [2.45, 2.75) is 30.1 Å². The Labute approximate surface area is 181 Å². The topological polar surface area (TPSA) is 70.0 Å². The number of amides is 1. The molecule has 162 valence electrons. The molecule has 1 unspecified atom stereocenters. The standard InChI is InChI=1S/C23H24FN3O3S/c24-20-7-3-1-5-18(20)17-11-14-27(15-17)23(28)16-9-12-26(13-10-16)22-19-6-2-4-8-21(19)31(29,30)25-22/h1-8,16-17H,9-15H2. The number of sulfonamides is 1. The number of likely N-dealkylation sites (tertiary alicyclic amines) is 2. The van der Waals surface area contributed by atoms with Gasteiger partial charge in [-0.05, 0) is 43.0 Å². The molecule has 0 aromatic heterocycles. The van der Waals surface area contributed by atoms with Gasteiger partial charge in [0.25, 0.3) is 10.0 Å². The number of nitrogens with zero attached hydrogens (tertiary/aromatic N) is 3. The Kier molecular flexibility index (Phi) is 5.04. The van der Waals surface area contributed by atoms with Crippen molar-refractivity contribution in [3.05, 3.63) is 65.5 Å².